The van der Waals surface area contributed by atoms with E-state index in [2.05, 4.69) is 39.8 Å². The van der Waals surface area contributed by atoms with Crippen molar-refractivity contribution in [2.75, 3.05) is 0 Å². The Kier molecular flexibility index (Phi) is 5.22. The minimum Gasteiger partial charge on any atom is -0.327 e. The molecule has 0 aromatic heterocycles. The average molecular weight is 155 g/mol. The van der Waals surface area contributed by atoms with Gasteiger partial charge in [0.2, 0.25) is 0 Å². The van der Waals surface area contributed by atoms with Crippen molar-refractivity contribution in [2.24, 2.45) is 17.6 Å². The van der Waals surface area contributed by atoms with Gasteiger partial charge in [-0.1, -0.05) is 32.9 Å². The number of hydrogen-bond acceptors (Lipinski definition) is 1. The maximum Gasteiger partial charge on any atom is 0.00732 e. The third-order valence-electron chi connectivity index (χ3n) is 1.89. The maximum absolute atomic E-state index is 5.78. The van der Waals surface area contributed by atoms with Crippen molar-refractivity contribution >= 4 is 0 Å². The molecule has 2 atom stereocenters. The molecule has 0 aromatic carbocycles. The minimum atomic E-state index is 0.287. The van der Waals surface area contributed by atoms with Gasteiger partial charge in [0, 0.05) is 6.04 Å². The Hall–Kier alpha value is -0.300. The fraction of sp³-hybridized carbons (Fsp3) is 0.800. The average Bonchev–Trinajstić information content (AvgIpc) is 1.87. The Labute approximate surface area is 70.7 Å². The molecule has 0 saturated carbocycles. The van der Waals surface area contributed by atoms with E-state index in [1.54, 1.807) is 0 Å². The first-order valence-corrected chi connectivity index (χ1v) is 4.51. The van der Waals surface area contributed by atoms with Gasteiger partial charge < -0.3 is 5.73 Å². The Morgan fingerprint density at radius 1 is 1.18 bits per heavy atom. The van der Waals surface area contributed by atoms with Crippen LogP contribution in [-0.4, -0.2) is 6.04 Å². The number of hydrogen-bond donors (Lipinski definition) is 1. The van der Waals surface area contributed by atoms with Crippen molar-refractivity contribution in [3.63, 3.8) is 0 Å². The smallest absolute Gasteiger partial charge is 0.00732 e. The maximum atomic E-state index is 5.78. The summed E-state index contributed by atoms with van der Waals surface area (Å²) in [5, 5.41) is 0. The summed E-state index contributed by atoms with van der Waals surface area (Å²) in [5.74, 6) is 1.19. The molecule has 0 fully saturated rings. The minimum absolute atomic E-state index is 0.287. The molecule has 0 bridgehead atoms. The predicted molar refractivity (Wildman–Crippen MR) is 51.4 cm³/mol. The van der Waals surface area contributed by atoms with Gasteiger partial charge in [0.1, 0.15) is 0 Å². The third-order valence-corrected chi connectivity index (χ3v) is 1.89. The number of nitrogens with two attached hydrogens (primary N) is 1. The molecule has 1 nitrogen and oxygen atoms in total. The van der Waals surface area contributed by atoms with Crippen LogP contribution >= 0.6 is 0 Å². The molecule has 0 rings (SSSR count). The number of allylic oxidation sites excluding steroid dienone is 1. The van der Waals surface area contributed by atoms with Gasteiger partial charge in [-0.2, -0.15) is 0 Å². The van der Waals surface area contributed by atoms with Crippen LogP contribution in [0.5, 0.6) is 0 Å². The van der Waals surface area contributed by atoms with Crippen molar-refractivity contribution in [3.05, 3.63) is 12.2 Å². The van der Waals surface area contributed by atoms with Crippen LogP contribution in [0.25, 0.3) is 0 Å². The molecule has 0 radical (unpaired) electrons. The van der Waals surface area contributed by atoms with Gasteiger partial charge in [-0.05, 0) is 25.2 Å². The van der Waals surface area contributed by atoms with Gasteiger partial charge in [0.05, 0.1) is 0 Å². The van der Waals surface area contributed by atoms with Crippen LogP contribution in [0.2, 0.25) is 0 Å². The summed E-state index contributed by atoms with van der Waals surface area (Å²) >= 11 is 0. The van der Waals surface area contributed by atoms with Crippen LogP contribution in [-0.2, 0) is 0 Å². The second kappa shape index (κ2) is 5.36. The lowest BCUT2D eigenvalue weighted by Gasteiger charge is -2.14. The van der Waals surface area contributed by atoms with Crippen LogP contribution in [0.4, 0.5) is 0 Å². The van der Waals surface area contributed by atoms with Crippen LogP contribution in [0.1, 0.15) is 34.1 Å². The van der Waals surface area contributed by atoms with Crippen molar-refractivity contribution in [1.29, 1.82) is 0 Å². The largest absolute Gasteiger partial charge is 0.327 e. The summed E-state index contributed by atoms with van der Waals surface area (Å²) in [4.78, 5) is 0. The van der Waals surface area contributed by atoms with E-state index in [0.717, 1.165) is 6.42 Å². The zero-order chi connectivity index (χ0) is 8.85. The summed E-state index contributed by atoms with van der Waals surface area (Å²) in [7, 11) is 0. The van der Waals surface area contributed by atoms with E-state index in [1.807, 2.05) is 0 Å². The Balaban J connectivity index is 3.87. The molecule has 11 heavy (non-hydrogen) atoms. The van der Waals surface area contributed by atoms with Crippen LogP contribution in [0, 0.1) is 11.8 Å². The standard InChI is InChI=1S/C10H21N/c1-5-10(9(4)11)7-6-8(2)3/h6-10H,5,11H2,1-4H3/b7-6+. The van der Waals surface area contributed by atoms with Crippen LogP contribution in [0.15, 0.2) is 12.2 Å². The SMILES string of the molecule is CCC(/C=C/C(C)C)C(C)N. The fourth-order valence-electron chi connectivity index (χ4n) is 1.05. The van der Waals surface area contributed by atoms with Gasteiger partial charge >= 0.3 is 0 Å². The first-order chi connectivity index (χ1) is 5.07. The molecule has 0 aliphatic rings. The van der Waals surface area contributed by atoms with Gasteiger partial charge in [-0.3, -0.25) is 0 Å². The Morgan fingerprint density at radius 2 is 1.73 bits per heavy atom. The molecule has 0 saturated heterocycles. The lowest BCUT2D eigenvalue weighted by molar-refractivity contribution is 0.517. The summed E-state index contributed by atoms with van der Waals surface area (Å²) in [6.07, 6.45) is 5.62. The molecule has 0 spiro atoms. The van der Waals surface area contributed by atoms with E-state index in [9.17, 15) is 0 Å². The van der Waals surface area contributed by atoms with Crippen molar-refractivity contribution in [1.82, 2.24) is 0 Å². The molecule has 66 valence electrons. The van der Waals surface area contributed by atoms with Crippen molar-refractivity contribution < 1.29 is 0 Å². The van der Waals surface area contributed by atoms with E-state index >= 15 is 0 Å². The van der Waals surface area contributed by atoms with Gasteiger partial charge in [-0.15, -0.1) is 0 Å². The lowest BCUT2D eigenvalue weighted by Crippen LogP contribution is -2.24. The second-order valence-corrected chi connectivity index (χ2v) is 3.56. The fourth-order valence-corrected chi connectivity index (χ4v) is 1.05. The highest BCUT2D eigenvalue weighted by Gasteiger charge is 2.06. The molecule has 1 heteroatoms. The first kappa shape index (κ1) is 10.7. The van der Waals surface area contributed by atoms with Crippen LogP contribution in [0.3, 0.4) is 0 Å². The summed E-state index contributed by atoms with van der Waals surface area (Å²) in [5.41, 5.74) is 5.78. The van der Waals surface area contributed by atoms with Gasteiger partial charge in [0.15, 0.2) is 0 Å². The zero-order valence-corrected chi connectivity index (χ0v) is 8.17. The van der Waals surface area contributed by atoms with Crippen LogP contribution < -0.4 is 5.73 Å². The van der Waals surface area contributed by atoms with Gasteiger partial charge in [-0.25, -0.2) is 0 Å². The molecule has 0 aromatic rings. The molecular formula is C10H21N. The molecular weight excluding hydrogens is 134 g/mol. The quantitative estimate of drug-likeness (QED) is 0.620. The third kappa shape index (κ3) is 5.02. The Morgan fingerprint density at radius 3 is 2.00 bits per heavy atom. The summed E-state index contributed by atoms with van der Waals surface area (Å²) < 4.78 is 0. The molecule has 0 aliphatic heterocycles. The monoisotopic (exact) mass is 155 g/mol. The highest BCUT2D eigenvalue weighted by Crippen LogP contribution is 2.09. The van der Waals surface area contributed by atoms with E-state index in [0.29, 0.717) is 11.8 Å². The molecule has 0 aliphatic carbocycles. The van der Waals surface area contributed by atoms with E-state index < -0.39 is 0 Å². The highest BCUT2D eigenvalue weighted by atomic mass is 14.6. The topological polar surface area (TPSA) is 26.0 Å². The zero-order valence-electron chi connectivity index (χ0n) is 8.17. The molecule has 0 heterocycles. The second-order valence-electron chi connectivity index (χ2n) is 3.56. The van der Waals surface area contributed by atoms with Gasteiger partial charge in [0.25, 0.3) is 0 Å². The molecule has 2 N–H and O–H groups in total. The normalized spacial score (nSPS) is 17.6. The number of rotatable bonds is 4. The molecule has 0 amide bonds. The van der Waals surface area contributed by atoms with E-state index in [-0.39, 0.29) is 6.04 Å². The summed E-state index contributed by atoms with van der Waals surface area (Å²) in [6.45, 7) is 8.62. The Bertz CT molecular complexity index is 114. The molecule has 2 unspecified atom stereocenters. The summed E-state index contributed by atoms with van der Waals surface area (Å²) in [6, 6.07) is 0.287. The van der Waals surface area contributed by atoms with E-state index in [4.69, 9.17) is 5.73 Å². The van der Waals surface area contributed by atoms with Crippen molar-refractivity contribution in [2.45, 2.75) is 40.2 Å². The lowest BCUT2D eigenvalue weighted by atomic mass is 9.97. The highest BCUT2D eigenvalue weighted by molar-refractivity contribution is 4.93. The van der Waals surface area contributed by atoms with E-state index in [1.165, 1.54) is 0 Å². The van der Waals surface area contributed by atoms with Crippen molar-refractivity contribution in [3.8, 4) is 0 Å². The first-order valence-electron chi connectivity index (χ1n) is 4.51. The predicted octanol–water partition coefficient (Wildman–Crippen LogP) is 2.57.